The molecule has 0 saturated carbocycles. The maximum Gasteiger partial charge on any atom is 0.237 e. The Morgan fingerprint density at radius 2 is 2.00 bits per heavy atom. The van der Waals surface area contributed by atoms with E-state index in [0.717, 1.165) is 26.1 Å². The summed E-state index contributed by atoms with van der Waals surface area (Å²) in [6.07, 6.45) is 0.971. The van der Waals surface area contributed by atoms with Gasteiger partial charge in [0, 0.05) is 13.1 Å². The van der Waals surface area contributed by atoms with E-state index in [-0.39, 0.29) is 17.4 Å². The normalized spacial score (nSPS) is 13.8. The minimum atomic E-state index is -0.0858. The number of nitrogens with zero attached hydrogens (tertiary/aromatic N) is 1. The lowest BCUT2D eigenvalue weighted by molar-refractivity contribution is -0.126. The second-order valence-corrected chi connectivity index (χ2v) is 5.40. The first-order valence-electron chi connectivity index (χ1n) is 6.59. The summed E-state index contributed by atoms with van der Waals surface area (Å²) in [7, 11) is 0. The molecule has 0 bridgehead atoms. The number of carbonyl (C=O) groups excluding carboxylic acids is 1. The van der Waals surface area contributed by atoms with Gasteiger partial charge in [-0.05, 0) is 31.8 Å². The molecule has 0 spiro atoms. The van der Waals surface area contributed by atoms with Gasteiger partial charge in [0.05, 0.1) is 6.04 Å². The van der Waals surface area contributed by atoms with Crippen molar-refractivity contribution in [3.05, 3.63) is 0 Å². The summed E-state index contributed by atoms with van der Waals surface area (Å²) in [5, 5.41) is 2.94. The molecule has 0 fully saturated rings. The van der Waals surface area contributed by atoms with Gasteiger partial charge in [0.25, 0.3) is 0 Å². The lowest BCUT2D eigenvalue weighted by atomic mass is 9.92. The highest BCUT2D eigenvalue weighted by Gasteiger charge is 2.25. The van der Waals surface area contributed by atoms with Crippen molar-refractivity contribution in [2.24, 2.45) is 11.1 Å². The van der Waals surface area contributed by atoms with E-state index in [0.29, 0.717) is 6.54 Å². The van der Waals surface area contributed by atoms with Crippen LogP contribution in [-0.4, -0.2) is 43.0 Å². The maximum atomic E-state index is 11.9. The summed E-state index contributed by atoms with van der Waals surface area (Å²) in [5.74, 6) is 0.113. The van der Waals surface area contributed by atoms with Crippen molar-refractivity contribution >= 4 is 5.91 Å². The highest BCUT2D eigenvalue weighted by Crippen LogP contribution is 2.16. The van der Waals surface area contributed by atoms with Gasteiger partial charge in [0.15, 0.2) is 0 Å². The first kappa shape index (κ1) is 16.4. The number of nitrogens with one attached hydrogen (secondary N) is 1. The molecule has 0 heterocycles. The molecule has 0 rings (SSSR count). The zero-order chi connectivity index (χ0) is 13.5. The monoisotopic (exact) mass is 243 g/mol. The van der Waals surface area contributed by atoms with Crippen LogP contribution < -0.4 is 11.1 Å². The molecule has 1 unspecified atom stereocenters. The number of nitrogens with two attached hydrogens (primary N) is 1. The molecule has 0 aliphatic heterocycles. The summed E-state index contributed by atoms with van der Waals surface area (Å²) < 4.78 is 0. The molecule has 0 aromatic rings. The second kappa shape index (κ2) is 7.67. The minimum absolute atomic E-state index is 0.0509. The Morgan fingerprint density at radius 1 is 1.41 bits per heavy atom. The van der Waals surface area contributed by atoms with Crippen molar-refractivity contribution in [1.29, 1.82) is 0 Å². The average Bonchev–Trinajstić information content (AvgIpc) is 2.32. The van der Waals surface area contributed by atoms with Gasteiger partial charge in [-0.2, -0.15) is 0 Å². The summed E-state index contributed by atoms with van der Waals surface area (Å²) >= 11 is 0. The number of amides is 1. The fourth-order valence-corrected chi connectivity index (χ4v) is 1.70. The second-order valence-electron chi connectivity index (χ2n) is 5.40. The van der Waals surface area contributed by atoms with Gasteiger partial charge < -0.3 is 11.1 Å². The zero-order valence-corrected chi connectivity index (χ0v) is 12.0. The number of likely N-dealkylation sites (N-methyl/N-ethyl adjacent to an activating group) is 1. The van der Waals surface area contributed by atoms with E-state index >= 15 is 0 Å². The third-order valence-corrected chi connectivity index (χ3v) is 3.07. The highest BCUT2D eigenvalue weighted by molar-refractivity contribution is 5.81. The molecule has 1 amide bonds. The molecule has 0 aromatic carbocycles. The van der Waals surface area contributed by atoms with E-state index in [9.17, 15) is 4.79 Å². The van der Waals surface area contributed by atoms with Crippen LogP contribution in [0.4, 0.5) is 0 Å². The molecular weight excluding hydrogens is 214 g/mol. The Morgan fingerprint density at radius 3 is 2.41 bits per heavy atom. The fraction of sp³-hybridized carbons (Fsp3) is 0.923. The zero-order valence-electron chi connectivity index (χ0n) is 12.0. The van der Waals surface area contributed by atoms with Crippen molar-refractivity contribution in [3.8, 4) is 0 Å². The Balaban J connectivity index is 4.39. The fourth-order valence-electron chi connectivity index (χ4n) is 1.70. The molecule has 0 radical (unpaired) electrons. The first-order chi connectivity index (χ1) is 7.87. The van der Waals surface area contributed by atoms with Crippen molar-refractivity contribution in [3.63, 3.8) is 0 Å². The Bertz CT molecular complexity index is 229. The predicted octanol–water partition coefficient (Wildman–Crippen LogP) is 1.21. The third-order valence-electron chi connectivity index (χ3n) is 3.07. The molecule has 0 aromatic heterocycles. The predicted molar refractivity (Wildman–Crippen MR) is 72.8 cm³/mol. The van der Waals surface area contributed by atoms with Crippen LogP contribution in [0.25, 0.3) is 0 Å². The molecule has 0 aliphatic carbocycles. The summed E-state index contributed by atoms with van der Waals surface area (Å²) in [6.45, 7) is 13.5. The van der Waals surface area contributed by atoms with Crippen LogP contribution >= 0.6 is 0 Å². The van der Waals surface area contributed by atoms with Crippen LogP contribution in [-0.2, 0) is 4.79 Å². The maximum absolute atomic E-state index is 11.9. The summed E-state index contributed by atoms with van der Waals surface area (Å²) in [6, 6.07) is -0.0858. The third kappa shape index (κ3) is 6.03. The quantitative estimate of drug-likeness (QED) is 0.673. The van der Waals surface area contributed by atoms with Crippen molar-refractivity contribution in [2.45, 2.75) is 47.1 Å². The van der Waals surface area contributed by atoms with E-state index in [4.69, 9.17) is 5.73 Å². The molecule has 0 saturated heterocycles. The average molecular weight is 243 g/mol. The Labute approximate surface area is 106 Å². The number of carbonyl (C=O) groups is 1. The molecule has 1 atom stereocenters. The van der Waals surface area contributed by atoms with Crippen LogP contribution in [0.3, 0.4) is 0 Å². The highest BCUT2D eigenvalue weighted by atomic mass is 16.2. The standard InChI is InChI=1S/C13H29N3O/c1-6-8-15-12(17)11(3)16(7-2)10-13(4,5)9-14/h11H,6-10,14H2,1-5H3,(H,15,17). The van der Waals surface area contributed by atoms with Gasteiger partial charge in [-0.3, -0.25) is 9.69 Å². The molecule has 17 heavy (non-hydrogen) atoms. The first-order valence-corrected chi connectivity index (χ1v) is 6.59. The summed E-state index contributed by atoms with van der Waals surface area (Å²) in [4.78, 5) is 14.1. The number of rotatable bonds is 8. The van der Waals surface area contributed by atoms with Gasteiger partial charge in [0.2, 0.25) is 5.91 Å². The van der Waals surface area contributed by atoms with Crippen LogP contribution in [0.15, 0.2) is 0 Å². The van der Waals surface area contributed by atoms with Gasteiger partial charge >= 0.3 is 0 Å². The van der Waals surface area contributed by atoms with E-state index in [1.807, 2.05) is 6.92 Å². The summed E-state index contributed by atoms with van der Waals surface area (Å²) in [5.41, 5.74) is 5.79. The topological polar surface area (TPSA) is 58.4 Å². The van der Waals surface area contributed by atoms with Gasteiger partial charge in [-0.1, -0.05) is 27.7 Å². The van der Waals surface area contributed by atoms with Crippen LogP contribution in [0.5, 0.6) is 0 Å². The molecule has 4 heteroatoms. The molecule has 3 N–H and O–H groups in total. The van der Waals surface area contributed by atoms with Crippen molar-refractivity contribution in [2.75, 3.05) is 26.2 Å². The largest absolute Gasteiger partial charge is 0.355 e. The lowest BCUT2D eigenvalue weighted by Crippen LogP contribution is -2.49. The van der Waals surface area contributed by atoms with E-state index < -0.39 is 0 Å². The molecule has 0 aliphatic rings. The SMILES string of the molecule is CCCNC(=O)C(C)N(CC)CC(C)(C)CN. The Hall–Kier alpha value is -0.610. The number of hydrogen-bond donors (Lipinski definition) is 2. The molecule has 4 nitrogen and oxygen atoms in total. The smallest absolute Gasteiger partial charge is 0.237 e. The van der Waals surface area contributed by atoms with Crippen molar-refractivity contribution < 1.29 is 4.79 Å². The number of hydrogen-bond acceptors (Lipinski definition) is 3. The molecule has 102 valence electrons. The molecular formula is C13H29N3O. The van der Waals surface area contributed by atoms with Crippen LogP contribution in [0.2, 0.25) is 0 Å². The van der Waals surface area contributed by atoms with Gasteiger partial charge in [-0.15, -0.1) is 0 Å². The van der Waals surface area contributed by atoms with Gasteiger partial charge in [-0.25, -0.2) is 0 Å². The van der Waals surface area contributed by atoms with Crippen LogP contribution in [0, 0.1) is 5.41 Å². The lowest BCUT2D eigenvalue weighted by Gasteiger charge is -2.34. The minimum Gasteiger partial charge on any atom is -0.355 e. The van der Waals surface area contributed by atoms with Crippen molar-refractivity contribution in [1.82, 2.24) is 10.2 Å². The Kier molecular flexibility index (Phi) is 7.39. The van der Waals surface area contributed by atoms with Gasteiger partial charge in [0.1, 0.15) is 0 Å². The van der Waals surface area contributed by atoms with E-state index in [1.54, 1.807) is 0 Å². The van der Waals surface area contributed by atoms with Crippen LogP contribution in [0.1, 0.15) is 41.0 Å². The van der Waals surface area contributed by atoms with E-state index in [2.05, 4.69) is 37.9 Å². The van der Waals surface area contributed by atoms with E-state index in [1.165, 1.54) is 0 Å².